The third kappa shape index (κ3) is 2.79. The van der Waals surface area contributed by atoms with Crippen molar-refractivity contribution in [3.8, 4) is 10.4 Å². The zero-order chi connectivity index (χ0) is 15.5. The molecule has 5 heteroatoms. The molecule has 0 saturated heterocycles. The van der Waals surface area contributed by atoms with Gasteiger partial charge in [0.15, 0.2) is 0 Å². The van der Waals surface area contributed by atoms with Crippen LogP contribution < -0.4 is 5.90 Å². The lowest BCUT2D eigenvalue weighted by Crippen LogP contribution is -2.04. The first-order valence-electron chi connectivity index (χ1n) is 7.50. The number of aromatic carboxylic acids is 1. The number of aryl methyl sites for hydroxylation is 1. The lowest BCUT2D eigenvalue weighted by Gasteiger charge is -2.08. The van der Waals surface area contributed by atoms with E-state index in [0.717, 1.165) is 47.3 Å². The molecule has 22 heavy (non-hydrogen) atoms. The molecule has 0 aliphatic heterocycles. The zero-order valence-corrected chi connectivity index (χ0v) is 13.1. The molecule has 1 aromatic heterocycles. The smallest absolute Gasteiger partial charge is 0.337 e. The van der Waals surface area contributed by atoms with Crippen LogP contribution in [0, 0.1) is 0 Å². The number of carbonyl (C=O) groups is 1. The fourth-order valence-corrected chi connectivity index (χ4v) is 4.56. The summed E-state index contributed by atoms with van der Waals surface area (Å²) >= 11 is 1.62. The maximum absolute atomic E-state index is 11.9. The van der Waals surface area contributed by atoms with Crippen molar-refractivity contribution in [1.82, 2.24) is 0 Å². The van der Waals surface area contributed by atoms with E-state index in [4.69, 9.17) is 10.7 Å². The largest absolute Gasteiger partial charge is 0.478 e. The Balaban J connectivity index is 2.17. The summed E-state index contributed by atoms with van der Waals surface area (Å²) < 4.78 is 0. The molecule has 0 spiro atoms. The number of fused-ring (bicyclic) bond motifs is 1. The van der Waals surface area contributed by atoms with E-state index < -0.39 is 5.97 Å². The van der Waals surface area contributed by atoms with Gasteiger partial charge in [0.1, 0.15) is 0 Å². The van der Waals surface area contributed by atoms with Crippen LogP contribution in [0.2, 0.25) is 0 Å². The second-order valence-corrected chi connectivity index (χ2v) is 6.65. The van der Waals surface area contributed by atoms with E-state index in [1.807, 2.05) is 24.3 Å². The number of hydrogen-bond acceptors (Lipinski definition) is 4. The van der Waals surface area contributed by atoms with E-state index in [0.29, 0.717) is 5.56 Å². The van der Waals surface area contributed by atoms with Gasteiger partial charge in [-0.2, -0.15) is 0 Å². The Hall–Kier alpha value is -1.69. The average molecular weight is 317 g/mol. The van der Waals surface area contributed by atoms with Gasteiger partial charge < -0.3 is 5.11 Å². The summed E-state index contributed by atoms with van der Waals surface area (Å²) in [5, 5.41) is 9.74. The van der Waals surface area contributed by atoms with Crippen molar-refractivity contribution < 1.29 is 14.7 Å². The number of thiophene rings is 1. The molecule has 1 aliphatic carbocycles. The molecular weight excluding hydrogens is 298 g/mol. The second kappa shape index (κ2) is 6.60. The molecule has 0 bridgehead atoms. The topological polar surface area (TPSA) is 72.5 Å². The van der Waals surface area contributed by atoms with E-state index in [1.54, 1.807) is 11.3 Å². The van der Waals surface area contributed by atoms with Crippen LogP contribution in [0.3, 0.4) is 0 Å². The Morgan fingerprint density at radius 1 is 1.23 bits per heavy atom. The minimum atomic E-state index is -0.835. The highest BCUT2D eigenvalue weighted by Crippen LogP contribution is 2.41. The summed E-state index contributed by atoms with van der Waals surface area (Å²) in [6.07, 6.45) is 5.23. The molecule has 3 rings (SSSR count). The van der Waals surface area contributed by atoms with Crippen molar-refractivity contribution in [1.29, 1.82) is 0 Å². The Kier molecular flexibility index (Phi) is 4.57. The molecule has 116 valence electrons. The molecule has 1 heterocycles. The summed E-state index contributed by atoms with van der Waals surface area (Å²) in [7, 11) is 0. The van der Waals surface area contributed by atoms with Crippen LogP contribution in [0.25, 0.3) is 10.4 Å². The highest BCUT2D eigenvalue weighted by Gasteiger charge is 2.25. The molecule has 0 unspecified atom stereocenters. The highest BCUT2D eigenvalue weighted by atomic mass is 32.1. The molecule has 2 aromatic rings. The molecule has 0 amide bonds. The summed E-state index contributed by atoms with van der Waals surface area (Å²) in [6, 6.07) is 7.72. The average Bonchev–Trinajstić information content (AvgIpc) is 2.72. The number of benzene rings is 1. The molecule has 1 aliphatic rings. The molecule has 0 radical (unpaired) electrons. The van der Waals surface area contributed by atoms with Crippen LogP contribution in [-0.4, -0.2) is 11.1 Å². The van der Waals surface area contributed by atoms with Gasteiger partial charge in [0.05, 0.1) is 12.2 Å². The number of carboxylic acids is 1. The van der Waals surface area contributed by atoms with Gasteiger partial charge in [0.2, 0.25) is 0 Å². The molecule has 4 nitrogen and oxygen atoms in total. The van der Waals surface area contributed by atoms with Crippen molar-refractivity contribution in [2.45, 2.75) is 38.7 Å². The third-order valence-electron chi connectivity index (χ3n) is 4.14. The maximum Gasteiger partial charge on any atom is 0.337 e. The van der Waals surface area contributed by atoms with Crippen LogP contribution >= 0.6 is 11.3 Å². The summed E-state index contributed by atoms with van der Waals surface area (Å²) in [4.78, 5) is 18.7. The fourth-order valence-electron chi connectivity index (χ4n) is 3.12. The van der Waals surface area contributed by atoms with Crippen molar-refractivity contribution in [3.63, 3.8) is 0 Å². The Morgan fingerprint density at radius 3 is 2.77 bits per heavy atom. The van der Waals surface area contributed by atoms with Crippen molar-refractivity contribution in [2.24, 2.45) is 5.90 Å². The lowest BCUT2D eigenvalue weighted by molar-refractivity contribution is 0.0697. The van der Waals surface area contributed by atoms with Crippen LogP contribution in [0.4, 0.5) is 0 Å². The van der Waals surface area contributed by atoms with E-state index in [1.165, 1.54) is 11.3 Å². The SMILES string of the molecule is NOCc1ccccc1-c1sc2c(c1C(=O)O)CCCCC2. The van der Waals surface area contributed by atoms with E-state index in [2.05, 4.69) is 0 Å². The van der Waals surface area contributed by atoms with Gasteiger partial charge >= 0.3 is 5.97 Å². The van der Waals surface area contributed by atoms with E-state index >= 15 is 0 Å². The third-order valence-corrected chi connectivity index (χ3v) is 5.46. The van der Waals surface area contributed by atoms with E-state index in [9.17, 15) is 9.90 Å². The lowest BCUT2D eigenvalue weighted by atomic mass is 9.98. The number of rotatable bonds is 4. The second-order valence-electron chi connectivity index (χ2n) is 5.54. The minimum absolute atomic E-state index is 0.276. The number of hydrogen-bond donors (Lipinski definition) is 2. The molecule has 0 saturated carbocycles. The summed E-state index contributed by atoms with van der Waals surface area (Å²) in [6.45, 7) is 0.276. The van der Waals surface area contributed by atoms with Gasteiger partial charge in [-0.1, -0.05) is 30.7 Å². The highest BCUT2D eigenvalue weighted by molar-refractivity contribution is 7.16. The fraction of sp³-hybridized carbons (Fsp3) is 0.353. The first-order chi connectivity index (χ1) is 10.7. The maximum atomic E-state index is 11.9. The number of nitrogens with two attached hydrogens (primary N) is 1. The zero-order valence-electron chi connectivity index (χ0n) is 12.3. The molecule has 0 atom stereocenters. The standard InChI is InChI=1S/C17H19NO3S/c18-21-10-11-6-4-5-7-12(11)16-15(17(19)20)13-8-2-1-3-9-14(13)22-16/h4-7H,1-3,8-10,18H2,(H,19,20). The first-order valence-corrected chi connectivity index (χ1v) is 8.31. The normalized spacial score (nSPS) is 14.4. The van der Waals surface area contributed by atoms with Gasteiger partial charge in [-0.25, -0.2) is 10.7 Å². The molecule has 0 fully saturated rings. The van der Waals surface area contributed by atoms with E-state index in [-0.39, 0.29) is 6.61 Å². The monoisotopic (exact) mass is 317 g/mol. The molecular formula is C17H19NO3S. The van der Waals surface area contributed by atoms with Gasteiger partial charge in [0, 0.05) is 9.75 Å². The Morgan fingerprint density at radius 2 is 2.00 bits per heavy atom. The predicted octanol–water partition coefficient (Wildman–Crippen LogP) is 3.77. The van der Waals surface area contributed by atoms with Gasteiger partial charge in [-0.3, -0.25) is 4.84 Å². The Labute approximate surface area is 133 Å². The molecule has 1 aromatic carbocycles. The molecule has 3 N–H and O–H groups in total. The number of carboxylic acid groups (broad SMARTS) is 1. The predicted molar refractivity (Wildman–Crippen MR) is 86.9 cm³/mol. The summed E-state index contributed by atoms with van der Waals surface area (Å²) in [5.74, 6) is 4.38. The quantitative estimate of drug-likeness (QED) is 0.665. The Bertz CT molecular complexity index is 693. The van der Waals surface area contributed by atoms with Gasteiger partial charge in [-0.15, -0.1) is 11.3 Å². The summed E-state index contributed by atoms with van der Waals surface area (Å²) in [5.41, 5.74) is 3.35. The van der Waals surface area contributed by atoms with Crippen LogP contribution in [0.5, 0.6) is 0 Å². The van der Waals surface area contributed by atoms with Crippen molar-refractivity contribution >= 4 is 17.3 Å². The van der Waals surface area contributed by atoms with Crippen LogP contribution in [0.1, 0.15) is 45.6 Å². The van der Waals surface area contributed by atoms with Crippen LogP contribution in [-0.2, 0) is 24.3 Å². The van der Waals surface area contributed by atoms with Gasteiger partial charge in [0.25, 0.3) is 0 Å². The van der Waals surface area contributed by atoms with Crippen molar-refractivity contribution in [2.75, 3.05) is 0 Å². The first kappa shape index (κ1) is 15.2. The van der Waals surface area contributed by atoms with Gasteiger partial charge in [-0.05, 0) is 42.4 Å². The van der Waals surface area contributed by atoms with Crippen molar-refractivity contribution in [3.05, 3.63) is 45.8 Å². The van der Waals surface area contributed by atoms with Crippen LogP contribution in [0.15, 0.2) is 24.3 Å². The minimum Gasteiger partial charge on any atom is -0.478 e.